The lowest BCUT2D eigenvalue weighted by atomic mass is 10.0. The van der Waals surface area contributed by atoms with Crippen LogP contribution >= 0.6 is 11.8 Å². The van der Waals surface area contributed by atoms with Crippen molar-refractivity contribution < 1.29 is 19.4 Å². The van der Waals surface area contributed by atoms with Crippen molar-refractivity contribution in [2.45, 2.75) is 24.7 Å². The summed E-state index contributed by atoms with van der Waals surface area (Å²) in [5.74, 6) is 0.509. The van der Waals surface area contributed by atoms with Crippen LogP contribution in [0, 0.1) is 0 Å². The Bertz CT molecular complexity index is 781. The number of ether oxygens (including phenoxy) is 2. The molecule has 128 valence electrons. The second-order valence-electron chi connectivity index (χ2n) is 5.28. The van der Waals surface area contributed by atoms with E-state index in [1.165, 1.54) is 11.8 Å². The molecule has 0 saturated carbocycles. The Morgan fingerprint density at radius 1 is 1.17 bits per heavy atom. The van der Waals surface area contributed by atoms with E-state index in [1.807, 2.05) is 37.4 Å². The molecule has 2 rings (SSSR count). The van der Waals surface area contributed by atoms with Gasteiger partial charge in [0.25, 0.3) is 0 Å². The molecule has 0 saturated heterocycles. The fourth-order valence-corrected chi connectivity index (χ4v) is 3.56. The smallest absolute Gasteiger partial charge is 0.331 e. The molecule has 0 unspecified atom stereocenters. The first-order valence-corrected chi connectivity index (χ1v) is 8.95. The Morgan fingerprint density at radius 2 is 1.75 bits per heavy atom. The van der Waals surface area contributed by atoms with Gasteiger partial charge in [0.1, 0.15) is 11.5 Å². The van der Waals surface area contributed by atoms with Gasteiger partial charge in [0.05, 0.1) is 19.1 Å². The van der Waals surface area contributed by atoms with Crippen molar-refractivity contribution in [2.24, 2.45) is 0 Å². The van der Waals surface area contributed by atoms with Crippen LogP contribution in [0.4, 0.5) is 0 Å². The summed E-state index contributed by atoms with van der Waals surface area (Å²) in [6, 6.07) is 7.82. The number of thioether (sulfide) groups is 1. The zero-order valence-electron chi connectivity index (χ0n) is 14.4. The number of hydrogen-bond acceptors (Lipinski definition) is 4. The summed E-state index contributed by atoms with van der Waals surface area (Å²) in [7, 11) is 3.24. The van der Waals surface area contributed by atoms with Crippen LogP contribution in [0.2, 0.25) is 0 Å². The predicted molar refractivity (Wildman–Crippen MR) is 99.4 cm³/mol. The lowest BCUT2D eigenvalue weighted by Gasteiger charge is -2.18. The van der Waals surface area contributed by atoms with Gasteiger partial charge in [-0.15, -0.1) is 11.8 Å². The van der Waals surface area contributed by atoms with Crippen LogP contribution in [0.25, 0.3) is 16.8 Å². The third-order valence-corrected chi connectivity index (χ3v) is 4.65. The molecule has 0 spiro atoms. The SMILES string of the molecule is CCC/C(=C/c1c(SC)c(OC)c2ccccc2c1OC)C(=O)O. The number of carboxylic acids is 1. The quantitative estimate of drug-likeness (QED) is 0.574. The molecule has 0 bridgehead atoms. The number of benzene rings is 2. The Kier molecular flexibility index (Phi) is 6.15. The van der Waals surface area contributed by atoms with Gasteiger partial charge in [-0.1, -0.05) is 37.6 Å². The highest BCUT2D eigenvalue weighted by molar-refractivity contribution is 7.98. The van der Waals surface area contributed by atoms with Crippen LogP contribution in [0.3, 0.4) is 0 Å². The first kappa shape index (κ1) is 18.2. The molecule has 0 atom stereocenters. The monoisotopic (exact) mass is 346 g/mol. The Balaban J connectivity index is 2.89. The summed E-state index contributed by atoms with van der Waals surface area (Å²) < 4.78 is 11.3. The van der Waals surface area contributed by atoms with Crippen LogP contribution < -0.4 is 9.47 Å². The molecule has 0 aliphatic carbocycles. The predicted octanol–water partition coefficient (Wildman–Crippen LogP) is 4.85. The van der Waals surface area contributed by atoms with E-state index in [4.69, 9.17) is 9.47 Å². The van der Waals surface area contributed by atoms with Crippen molar-refractivity contribution in [3.63, 3.8) is 0 Å². The fourth-order valence-electron chi connectivity index (χ4n) is 2.81. The van der Waals surface area contributed by atoms with E-state index in [9.17, 15) is 9.90 Å². The highest BCUT2D eigenvalue weighted by Crippen LogP contribution is 2.45. The van der Waals surface area contributed by atoms with Crippen LogP contribution in [0.15, 0.2) is 34.7 Å². The number of aliphatic carboxylic acids is 1. The minimum Gasteiger partial charge on any atom is -0.495 e. The van der Waals surface area contributed by atoms with Gasteiger partial charge in [-0.25, -0.2) is 4.79 Å². The Labute approximate surface area is 146 Å². The van der Waals surface area contributed by atoms with Crippen molar-refractivity contribution >= 4 is 34.6 Å². The highest BCUT2D eigenvalue weighted by atomic mass is 32.2. The lowest BCUT2D eigenvalue weighted by molar-refractivity contribution is -0.132. The Morgan fingerprint density at radius 3 is 2.21 bits per heavy atom. The third kappa shape index (κ3) is 3.36. The normalized spacial score (nSPS) is 11.6. The molecule has 0 fully saturated rings. The van der Waals surface area contributed by atoms with E-state index >= 15 is 0 Å². The van der Waals surface area contributed by atoms with Crippen LogP contribution in [-0.4, -0.2) is 31.6 Å². The minimum atomic E-state index is -0.905. The standard InChI is InChI=1S/C19H22O4S/c1-5-8-12(19(20)21)11-15-16(22-2)13-9-6-7-10-14(13)17(23-3)18(15)24-4/h6-7,9-11H,5,8H2,1-4H3,(H,20,21)/b12-11-. The summed E-state index contributed by atoms with van der Waals surface area (Å²) in [5, 5.41) is 11.3. The average Bonchev–Trinajstić information content (AvgIpc) is 2.59. The van der Waals surface area contributed by atoms with Crippen LogP contribution in [-0.2, 0) is 4.79 Å². The summed E-state index contributed by atoms with van der Waals surface area (Å²) in [4.78, 5) is 12.4. The molecule has 0 aliphatic heterocycles. The largest absolute Gasteiger partial charge is 0.495 e. The highest BCUT2D eigenvalue weighted by Gasteiger charge is 2.20. The number of carboxylic acid groups (broad SMARTS) is 1. The van der Waals surface area contributed by atoms with Crippen molar-refractivity contribution in [1.29, 1.82) is 0 Å². The van der Waals surface area contributed by atoms with E-state index < -0.39 is 5.97 Å². The molecular weight excluding hydrogens is 324 g/mol. The second kappa shape index (κ2) is 8.11. The molecule has 0 aliphatic rings. The second-order valence-corrected chi connectivity index (χ2v) is 6.10. The van der Waals surface area contributed by atoms with E-state index in [1.54, 1.807) is 20.3 Å². The molecule has 0 radical (unpaired) electrons. The topological polar surface area (TPSA) is 55.8 Å². The molecule has 4 nitrogen and oxygen atoms in total. The molecule has 0 heterocycles. The number of fused-ring (bicyclic) bond motifs is 1. The number of carbonyl (C=O) groups is 1. The molecule has 24 heavy (non-hydrogen) atoms. The minimum absolute atomic E-state index is 0.364. The van der Waals surface area contributed by atoms with Crippen molar-refractivity contribution in [3.05, 3.63) is 35.4 Å². The van der Waals surface area contributed by atoms with Crippen LogP contribution in [0.1, 0.15) is 25.3 Å². The summed E-state index contributed by atoms with van der Waals surface area (Å²) in [6.07, 6.45) is 4.93. The van der Waals surface area contributed by atoms with E-state index in [-0.39, 0.29) is 0 Å². The van der Waals surface area contributed by atoms with Gasteiger partial charge in [-0.05, 0) is 18.8 Å². The molecule has 2 aromatic rings. The number of rotatable bonds is 7. The molecule has 0 aromatic heterocycles. The summed E-state index contributed by atoms with van der Waals surface area (Å²) in [5.41, 5.74) is 1.12. The molecule has 1 N–H and O–H groups in total. The van der Waals surface area contributed by atoms with Crippen molar-refractivity contribution in [1.82, 2.24) is 0 Å². The summed E-state index contributed by atoms with van der Waals surface area (Å²) >= 11 is 1.52. The average molecular weight is 346 g/mol. The Hall–Kier alpha value is -2.14. The fraction of sp³-hybridized carbons (Fsp3) is 0.316. The zero-order chi connectivity index (χ0) is 17.7. The lowest BCUT2D eigenvalue weighted by Crippen LogP contribution is -2.02. The molecule has 0 amide bonds. The van der Waals surface area contributed by atoms with Gasteiger partial charge < -0.3 is 14.6 Å². The van der Waals surface area contributed by atoms with E-state index in [0.29, 0.717) is 17.7 Å². The van der Waals surface area contributed by atoms with Gasteiger partial charge in [-0.3, -0.25) is 0 Å². The summed E-state index contributed by atoms with van der Waals surface area (Å²) in [6.45, 7) is 1.96. The number of methoxy groups -OCH3 is 2. The molecule has 2 aromatic carbocycles. The van der Waals surface area contributed by atoms with Crippen LogP contribution in [0.5, 0.6) is 11.5 Å². The molecule has 5 heteroatoms. The van der Waals surface area contributed by atoms with Crippen molar-refractivity contribution in [2.75, 3.05) is 20.5 Å². The first-order valence-electron chi connectivity index (χ1n) is 7.73. The van der Waals surface area contributed by atoms with Gasteiger partial charge in [0.2, 0.25) is 0 Å². The van der Waals surface area contributed by atoms with Gasteiger partial charge >= 0.3 is 5.97 Å². The van der Waals surface area contributed by atoms with E-state index in [2.05, 4.69) is 0 Å². The maximum Gasteiger partial charge on any atom is 0.331 e. The first-order chi connectivity index (χ1) is 11.6. The third-order valence-electron chi connectivity index (χ3n) is 3.84. The maximum absolute atomic E-state index is 11.6. The van der Waals surface area contributed by atoms with Crippen molar-refractivity contribution in [3.8, 4) is 11.5 Å². The van der Waals surface area contributed by atoms with Gasteiger partial charge in [0.15, 0.2) is 0 Å². The molecular formula is C19H22O4S. The van der Waals surface area contributed by atoms with Gasteiger partial charge in [-0.2, -0.15) is 0 Å². The van der Waals surface area contributed by atoms with E-state index in [0.717, 1.165) is 33.4 Å². The van der Waals surface area contributed by atoms with Gasteiger partial charge in [0, 0.05) is 21.9 Å². The maximum atomic E-state index is 11.6. The number of hydrogen-bond donors (Lipinski definition) is 1. The zero-order valence-corrected chi connectivity index (χ0v) is 15.2.